The first kappa shape index (κ1) is 15.6. The van der Waals surface area contributed by atoms with Crippen LogP contribution in [0.2, 0.25) is 4.34 Å². The van der Waals surface area contributed by atoms with Crippen LogP contribution >= 0.6 is 22.9 Å². The molecule has 118 valence electrons. The predicted octanol–water partition coefficient (Wildman–Crippen LogP) is 3.25. The van der Waals surface area contributed by atoms with Gasteiger partial charge in [0, 0.05) is 17.0 Å². The van der Waals surface area contributed by atoms with E-state index in [0.29, 0.717) is 16.6 Å². The molecular formula is C15H14ClN5OS. The van der Waals surface area contributed by atoms with Crippen LogP contribution in [0.5, 0.6) is 0 Å². The smallest absolute Gasteiger partial charge is 0.232 e. The highest BCUT2D eigenvalue weighted by molar-refractivity contribution is 7.16. The number of benzene rings is 1. The molecule has 0 aliphatic rings. The molecule has 8 heteroatoms. The summed E-state index contributed by atoms with van der Waals surface area (Å²) in [6.45, 7) is 1.86. The fraction of sp³-hybridized carbons (Fsp3) is 0.200. The molecular weight excluding hydrogens is 334 g/mol. The van der Waals surface area contributed by atoms with Crippen LogP contribution < -0.4 is 5.32 Å². The highest BCUT2D eigenvalue weighted by atomic mass is 35.5. The predicted molar refractivity (Wildman–Crippen MR) is 89.8 cm³/mol. The number of tetrazole rings is 1. The summed E-state index contributed by atoms with van der Waals surface area (Å²) in [5.74, 6) is 0.325. The van der Waals surface area contributed by atoms with Gasteiger partial charge in [0.1, 0.15) is 0 Å². The van der Waals surface area contributed by atoms with E-state index in [1.165, 1.54) is 11.3 Å². The van der Waals surface area contributed by atoms with Crippen molar-refractivity contribution in [1.82, 2.24) is 20.6 Å². The fourth-order valence-electron chi connectivity index (χ4n) is 2.09. The maximum atomic E-state index is 12.3. The quantitative estimate of drug-likeness (QED) is 0.742. The van der Waals surface area contributed by atoms with Crippen molar-refractivity contribution < 1.29 is 4.79 Å². The summed E-state index contributed by atoms with van der Waals surface area (Å²) < 4.78 is 0.686. The van der Waals surface area contributed by atoms with Gasteiger partial charge in [-0.3, -0.25) is 4.79 Å². The molecule has 0 aliphatic carbocycles. The number of halogens is 1. The standard InChI is InChI=1S/C15H14ClN5OS/c1-9(12-6-7-13(16)23-12)15(22)17-11-4-2-10(3-5-11)8-14-18-20-21-19-14/h2-7,9H,8H2,1H3,(H,17,22)(H,18,19,20,21)/t9-/m0/s1. The first-order chi connectivity index (χ1) is 11.1. The van der Waals surface area contributed by atoms with E-state index in [1.807, 2.05) is 37.3 Å². The SMILES string of the molecule is C[C@H](C(=O)Nc1ccc(Cc2nn[nH]n2)cc1)c1ccc(Cl)s1. The number of hydrogen-bond donors (Lipinski definition) is 2. The lowest BCUT2D eigenvalue weighted by Gasteiger charge is -2.11. The third kappa shape index (κ3) is 3.94. The molecule has 0 radical (unpaired) electrons. The molecule has 23 heavy (non-hydrogen) atoms. The highest BCUT2D eigenvalue weighted by Gasteiger charge is 2.17. The van der Waals surface area contributed by atoms with E-state index < -0.39 is 0 Å². The van der Waals surface area contributed by atoms with Crippen LogP contribution in [0.15, 0.2) is 36.4 Å². The Kier molecular flexibility index (Phi) is 4.68. The Bertz CT molecular complexity index is 785. The van der Waals surface area contributed by atoms with Gasteiger partial charge in [0.15, 0.2) is 5.82 Å². The van der Waals surface area contributed by atoms with E-state index in [1.54, 1.807) is 6.07 Å². The zero-order chi connectivity index (χ0) is 16.2. The van der Waals surface area contributed by atoms with Gasteiger partial charge >= 0.3 is 0 Å². The number of H-pyrrole nitrogens is 1. The van der Waals surface area contributed by atoms with Crippen molar-refractivity contribution in [2.75, 3.05) is 5.32 Å². The van der Waals surface area contributed by atoms with Crippen molar-refractivity contribution in [3.05, 3.63) is 57.0 Å². The summed E-state index contributed by atoms with van der Waals surface area (Å²) in [4.78, 5) is 13.2. The van der Waals surface area contributed by atoms with Gasteiger partial charge in [-0.15, -0.1) is 21.5 Å². The fourth-order valence-corrected chi connectivity index (χ4v) is 3.20. The van der Waals surface area contributed by atoms with Crippen molar-refractivity contribution in [2.24, 2.45) is 0 Å². The average Bonchev–Trinajstić information content (AvgIpc) is 3.20. The summed E-state index contributed by atoms with van der Waals surface area (Å²) in [5, 5.41) is 16.7. The third-order valence-electron chi connectivity index (χ3n) is 3.39. The van der Waals surface area contributed by atoms with Gasteiger partial charge < -0.3 is 5.32 Å². The molecule has 3 rings (SSSR count). The van der Waals surface area contributed by atoms with Crippen molar-refractivity contribution in [3.63, 3.8) is 0 Å². The minimum absolute atomic E-state index is 0.0607. The number of nitrogens with zero attached hydrogens (tertiary/aromatic N) is 3. The Morgan fingerprint density at radius 2 is 2.09 bits per heavy atom. The second kappa shape index (κ2) is 6.89. The van der Waals surface area contributed by atoms with Gasteiger partial charge in [0.25, 0.3) is 0 Å². The van der Waals surface area contributed by atoms with Gasteiger partial charge in [-0.25, -0.2) is 0 Å². The van der Waals surface area contributed by atoms with Crippen molar-refractivity contribution >= 4 is 34.5 Å². The number of aromatic amines is 1. The monoisotopic (exact) mass is 347 g/mol. The van der Waals surface area contributed by atoms with Gasteiger partial charge in [-0.05, 0) is 36.8 Å². The van der Waals surface area contributed by atoms with Crippen LogP contribution in [-0.2, 0) is 11.2 Å². The van der Waals surface area contributed by atoms with Crippen molar-refractivity contribution in [2.45, 2.75) is 19.3 Å². The number of carbonyl (C=O) groups excluding carboxylic acids is 1. The first-order valence-corrected chi connectivity index (χ1v) is 8.18. The topological polar surface area (TPSA) is 83.6 Å². The van der Waals surface area contributed by atoms with E-state index in [-0.39, 0.29) is 11.8 Å². The number of nitrogens with one attached hydrogen (secondary N) is 2. The minimum atomic E-state index is -0.244. The molecule has 0 fully saturated rings. The number of carbonyl (C=O) groups is 1. The lowest BCUT2D eigenvalue weighted by Crippen LogP contribution is -2.18. The van der Waals surface area contributed by atoms with E-state index in [0.717, 1.165) is 16.1 Å². The normalized spacial score (nSPS) is 12.1. The molecule has 0 spiro atoms. The summed E-state index contributed by atoms with van der Waals surface area (Å²) in [6.07, 6.45) is 0.592. The number of amides is 1. The molecule has 3 aromatic rings. The lowest BCUT2D eigenvalue weighted by molar-refractivity contribution is -0.117. The van der Waals surface area contributed by atoms with Gasteiger partial charge in [-0.1, -0.05) is 28.9 Å². The Morgan fingerprint density at radius 3 is 2.70 bits per heavy atom. The van der Waals surface area contributed by atoms with Gasteiger partial charge in [-0.2, -0.15) is 5.21 Å². The van der Waals surface area contributed by atoms with E-state index >= 15 is 0 Å². The Labute approximate surface area is 141 Å². The molecule has 6 nitrogen and oxygen atoms in total. The maximum Gasteiger partial charge on any atom is 0.232 e. The Balaban J connectivity index is 1.62. The largest absolute Gasteiger partial charge is 0.326 e. The van der Waals surface area contributed by atoms with Crippen LogP contribution in [0, 0.1) is 0 Å². The number of aromatic nitrogens is 4. The first-order valence-electron chi connectivity index (χ1n) is 6.99. The number of anilines is 1. The summed E-state index contributed by atoms with van der Waals surface area (Å²) >= 11 is 7.34. The molecule has 0 aliphatic heterocycles. The molecule has 1 amide bonds. The molecule has 0 saturated carbocycles. The zero-order valence-corrected chi connectivity index (χ0v) is 13.9. The van der Waals surface area contributed by atoms with Gasteiger partial charge in [0.2, 0.25) is 5.91 Å². The molecule has 1 atom stereocenters. The van der Waals surface area contributed by atoms with E-state index in [9.17, 15) is 4.79 Å². The molecule has 0 unspecified atom stereocenters. The minimum Gasteiger partial charge on any atom is -0.326 e. The molecule has 2 aromatic heterocycles. The Hall–Kier alpha value is -2.25. The molecule has 0 bridgehead atoms. The lowest BCUT2D eigenvalue weighted by atomic mass is 10.1. The van der Waals surface area contributed by atoms with Crippen LogP contribution in [0.25, 0.3) is 0 Å². The summed E-state index contributed by atoms with van der Waals surface area (Å²) in [6, 6.07) is 11.3. The van der Waals surface area contributed by atoms with Crippen LogP contribution in [0.1, 0.15) is 29.1 Å². The maximum absolute atomic E-state index is 12.3. The van der Waals surface area contributed by atoms with E-state index in [4.69, 9.17) is 11.6 Å². The van der Waals surface area contributed by atoms with Crippen LogP contribution in [0.3, 0.4) is 0 Å². The van der Waals surface area contributed by atoms with Crippen molar-refractivity contribution in [3.8, 4) is 0 Å². The molecule has 2 N–H and O–H groups in total. The second-order valence-corrected chi connectivity index (χ2v) is 6.80. The zero-order valence-electron chi connectivity index (χ0n) is 12.3. The molecule has 0 saturated heterocycles. The summed E-state index contributed by atoms with van der Waals surface area (Å²) in [7, 11) is 0. The average molecular weight is 348 g/mol. The third-order valence-corrected chi connectivity index (χ3v) is 4.80. The number of rotatable bonds is 5. The number of hydrogen-bond acceptors (Lipinski definition) is 5. The Morgan fingerprint density at radius 1 is 1.30 bits per heavy atom. The number of thiophene rings is 1. The van der Waals surface area contributed by atoms with E-state index in [2.05, 4.69) is 25.9 Å². The van der Waals surface area contributed by atoms with Crippen LogP contribution in [0.4, 0.5) is 5.69 Å². The van der Waals surface area contributed by atoms with Gasteiger partial charge in [0.05, 0.1) is 10.3 Å². The summed E-state index contributed by atoms with van der Waals surface area (Å²) in [5.41, 5.74) is 1.80. The van der Waals surface area contributed by atoms with Crippen molar-refractivity contribution in [1.29, 1.82) is 0 Å². The molecule has 2 heterocycles. The molecule has 1 aromatic carbocycles. The highest BCUT2D eigenvalue weighted by Crippen LogP contribution is 2.28. The second-order valence-electron chi connectivity index (χ2n) is 5.05. The van der Waals surface area contributed by atoms with Crippen LogP contribution in [-0.4, -0.2) is 26.5 Å².